The van der Waals surface area contributed by atoms with E-state index in [-0.39, 0.29) is 0 Å². The van der Waals surface area contributed by atoms with Gasteiger partial charge in [0.2, 0.25) is 0 Å². The third kappa shape index (κ3) is 3.58. The largest absolute Gasteiger partial charge is 0.395 e. The van der Waals surface area contributed by atoms with E-state index in [9.17, 15) is 5.11 Å². The van der Waals surface area contributed by atoms with Crippen LogP contribution in [0.5, 0.6) is 0 Å². The fourth-order valence-corrected chi connectivity index (χ4v) is 3.68. The first-order valence-corrected chi connectivity index (χ1v) is 7.71. The van der Waals surface area contributed by atoms with E-state index in [0.717, 1.165) is 11.8 Å². The molecule has 2 fully saturated rings. The van der Waals surface area contributed by atoms with Crippen molar-refractivity contribution in [3.05, 3.63) is 12.2 Å². The minimum absolute atomic E-state index is 0.348. The Morgan fingerprint density at radius 1 is 1.17 bits per heavy atom. The number of piperidine rings is 1. The van der Waals surface area contributed by atoms with E-state index in [1.165, 1.54) is 63.6 Å². The topological polar surface area (TPSA) is 23.5 Å². The molecule has 0 amide bonds. The Morgan fingerprint density at radius 2 is 1.89 bits per heavy atom. The predicted molar refractivity (Wildman–Crippen MR) is 76.6 cm³/mol. The van der Waals surface area contributed by atoms with Gasteiger partial charge in [0.15, 0.2) is 0 Å². The first-order valence-electron chi connectivity index (χ1n) is 7.71. The third-order valence-electron chi connectivity index (χ3n) is 5.00. The summed E-state index contributed by atoms with van der Waals surface area (Å²) in [5.74, 6) is 1.63. The van der Waals surface area contributed by atoms with Gasteiger partial charge in [-0.25, -0.2) is 0 Å². The minimum atomic E-state index is 0.348. The summed E-state index contributed by atoms with van der Waals surface area (Å²) >= 11 is 0. The molecule has 2 heteroatoms. The molecule has 104 valence electrons. The molecule has 2 nitrogen and oxygen atoms in total. The molecule has 0 bridgehead atoms. The van der Waals surface area contributed by atoms with Gasteiger partial charge < -0.3 is 5.11 Å². The van der Waals surface area contributed by atoms with Gasteiger partial charge in [-0.15, -0.1) is 0 Å². The highest BCUT2D eigenvalue weighted by atomic mass is 16.3. The monoisotopic (exact) mass is 251 g/mol. The van der Waals surface area contributed by atoms with Crippen LogP contribution in [0.4, 0.5) is 0 Å². The van der Waals surface area contributed by atoms with Gasteiger partial charge in [-0.1, -0.05) is 18.6 Å². The van der Waals surface area contributed by atoms with Gasteiger partial charge >= 0.3 is 0 Å². The second-order valence-electron chi connectivity index (χ2n) is 6.39. The normalized spacial score (nSPS) is 34.4. The maximum absolute atomic E-state index is 9.45. The molecule has 0 aromatic heterocycles. The maximum atomic E-state index is 9.45. The molecule has 1 aliphatic carbocycles. The summed E-state index contributed by atoms with van der Waals surface area (Å²) in [5.41, 5.74) is 1.37. The molecule has 18 heavy (non-hydrogen) atoms. The molecule has 1 saturated heterocycles. The fourth-order valence-electron chi connectivity index (χ4n) is 3.68. The summed E-state index contributed by atoms with van der Waals surface area (Å²) in [6.45, 7) is 9.04. The van der Waals surface area contributed by atoms with Gasteiger partial charge in [-0.2, -0.15) is 0 Å². The van der Waals surface area contributed by atoms with Crippen molar-refractivity contribution < 1.29 is 5.11 Å². The minimum Gasteiger partial charge on any atom is -0.395 e. The Kier molecular flexibility index (Phi) is 5.25. The molecule has 1 aliphatic heterocycles. The number of nitrogens with zero attached hydrogens (tertiary/aromatic N) is 1. The van der Waals surface area contributed by atoms with Crippen molar-refractivity contribution in [1.29, 1.82) is 0 Å². The lowest BCUT2D eigenvalue weighted by Gasteiger charge is -2.39. The van der Waals surface area contributed by atoms with Crippen molar-refractivity contribution in [1.82, 2.24) is 4.90 Å². The average molecular weight is 251 g/mol. The molecule has 0 unspecified atom stereocenters. The SMILES string of the molecule is C=C(C)C1CCC(CN2CCCC[C@H]2CO)CC1. The summed E-state index contributed by atoms with van der Waals surface area (Å²) in [7, 11) is 0. The van der Waals surface area contributed by atoms with Crippen LogP contribution in [0.15, 0.2) is 12.2 Å². The zero-order valence-electron chi connectivity index (χ0n) is 11.9. The zero-order valence-corrected chi connectivity index (χ0v) is 11.9. The van der Waals surface area contributed by atoms with Crippen molar-refractivity contribution >= 4 is 0 Å². The van der Waals surface area contributed by atoms with Crippen molar-refractivity contribution in [3.63, 3.8) is 0 Å². The Morgan fingerprint density at radius 3 is 2.50 bits per heavy atom. The number of hydrogen-bond acceptors (Lipinski definition) is 2. The predicted octanol–water partition coefficient (Wildman–Crippen LogP) is 3.22. The lowest BCUT2D eigenvalue weighted by atomic mass is 9.79. The summed E-state index contributed by atoms with van der Waals surface area (Å²) in [5, 5.41) is 9.45. The molecule has 0 spiro atoms. The smallest absolute Gasteiger partial charge is 0.0586 e. The Balaban J connectivity index is 1.78. The van der Waals surface area contributed by atoms with Gasteiger partial charge in [0.1, 0.15) is 0 Å². The van der Waals surface area contributed by atoms with Gasteiger partial charge in [-0.05, 0) is 63.8 Å². The van der Waals surface area contributed by atoms with Crippen LogP contribution in [-0.2, 0) is 0 Å². The van der Waals surface area contributed by atoms with Gasteiger partial charge in [0, 0.05) is 12.6 Å². The molecule has 2 rings (SSSR count). The van der Waals surface area contributed by atoms with Crippen molar-refractivity contribution in [2.75, 3.05) is 19.7 Å². The van der Waals surface area contributed by atoms with Crippen LogP contribution in [0.3, 0.4) is 0 Å². The Bertz CT molecular complexity index is 268. The molecule has 1 saturated carbocycles. The van der Waals surface area contributed by atoms with E-state index in [1.807, 2.05) is 0 Å². The summed E-state index contributed by atoms with van der Waals surface area (Å²) < 4.78 is 0. The van der Waals surface area contributed by atoms with Gasteiger partial charge in [0.25, 0.3) is 0 Å². The first kappa shape index (κ1) is 14.1. The Hall–Kier alpha value is -0.340. The van der Waals surface area contributed by atoms with Crippen LogP contribution in [0.25, 0.3) is 0 Å². The number of aliphatic hydroxyl groups is 1. The van der Waals surface area contributed by atoms with E-state index >= 15 is 0 Å². The van der Waals surface area contributed by atoms with Crippen LogP contribution in [-0.4, -0.2) is 35.7 Å². The highest BCUT2D eigenvalue weighted by Crippen LogP contribution is 2.33. The van der Waals surface area contributed by atoms with Gasteiger partial charge in [-0.3, -0.25) is 4.90 Å². The van der Waals surface area contributed by atoms with Gasteiger partial charge in [0.05, 0.1) is 6.61 Å². The molecule has 0 radical (unpaired) electrons. The van der Waals surface area contributed by atoms with E-state index in [4.69, 9.17) is 0 Å². The summed E-state index contributed by atoms with van der Waals surface area (Å²) in [4.78, 5) is 2.55. The number of likely N-dealkylation sites (tertiary alicyclic amines) is 1. The molecular formula is C16H29NO. The quantitative estimate of drug-likeness (QED) is 0.776. The lowest BCUT2D eigenvalue weighted by molar-refractivity contribution is 0.0674. The standard InChI is InChI=1S/C16H29NO/c1-13(2)15-8-6-14(7-9-15)11-17-10-4-3-5-16(17)12-18/h14-16,18H,1,3-12H2,2H3/t14?,15?,16-/m0/s1. The molecule has 0 aromatic rings. The van der Waals surface area contributed by atoms with Crippen molar-refractivity contribution in [2.45, 2.75) is 57.9 Å². The molecule has 1 heterocycles. The number of rotatable bonds is 4. The van der Waals surface area contributed by atoms with Crippen molar-refractivity contribution in [3.8, 4) is 0 Å². The van der Waals surface area contributed by atoms with Crippen LogP contribution in [0.1, 0.15) is 51.9 Å². The molecule has 1 N–H and O–H groups in total. The molecule has 1 atom stereocenters. The summed E-state index contributed by atoms with van der Waals surface area (Å²) in [6, 6.07) is 0.442. The van der Waals surface area contributed by atoms with Crippen LogP contribution >= 0.6 is 0 Å². The molecule has 2 aliphatic rings. The average Bonchev–Trinajstić information content (AvgIpc) is 2.40. The van der Waals surface area contributed by atoms with E-state index in [1.54, 1.807) is 0 Å². The number of hydrogen-bond donors (Lipinski definition) is 1. The van der Waals surface area contributed by atoms with E-state index in [0.29, 0.717) is 12.6 Å². The zero-order chi connectivity index (χ0) is 13.0. The molecule has 0 aromatic carbocycles. The van der Waals surface area contributed by atoms with E-state index in [2.05, 4.69) is 18.4 Å². The van der Waals surface area contributed by atoms with E-state index < -0.39 is 0 Å². The third-order valence-corrected chi connectivity index (χ3v) is 5.00. The maximum Gasteiger partial charge on any atom is 0.0586 e. The Labute approximate surface area is 112 Å². The molecular weight excluding hydrogens is 222 g/mol. The van der Waals surface area contributed by atoms with Crippen LogP contribution in [0, 0.1) is 11.8 Å². The van der Waals surface area contributed by atoms with Crippen molar-refractivity contribution in [2.24, 2.45) is 11.8 Å². The lowest BCUT2D eigenvalue weighted by Crippen LogP contribution is -2.44. The number of aliphatic hydroxyl groups excluding tert-OH is 1. The number of allylic oxidation sites excluding steroid dienone is 1. The van der Waals surface area contributed by atoms with Crippen LogP contribution < -0.4 is 0 Å². The highest BCUT2D eigenvalue weighted by Gasteiger charge is 2.27. The fraction of sp³-hybridized carbons (Fsp3) is 0.875. The highest BCUT2D eigenvalue weighted by molar-refractivity contribution is 4.98. The van der Waals surface area contributed by atoms with Crippen LogP contribution in [0.2, 0.25) is 0 Å². The first-order chi connectivity index (χ1) is 8.70. The second kappa shape index (κ2) is 6.72. The summed E-state index contributed by atoms with van der Waals surface area (Å²) in [6.07, 6.45) is 9.17. The second-order valence-corrected chi connectivity index (χ2v) is 6.39.